The second-order valence-electron chi connectivity index (χ2n) is 5.68. The smallest absolute Gasteiger partial charge is 0.0315 e. The molecular formula is C17H22ClN3. The number of aromatic nitrogens is 1. The third-order valence-electron chi connectivity index (χ3n) is 4.21. The van der Waals surface area contributed by atoms with E-state index in [9.17, 15) is 0 Å². The molecule has 0 aliphatic carbocycles. The molecule has 0 bridgehead atoms. The van der Waals surface area contributed by atoms with Crippen LogP contribution in [0.4, 0.5) is 0 Å². The maximum Gasteiger partial charge on any atom is 0.0315 e. The van der Waals surface area contributed by atoms with Crippen molar-refractivity contribution in [3.8, 4) is 0 Å². The van der Waals surface area contributed by atoms with Gasteiger partial charge in [-0.15, -0.1) is 12.4 Å². The molecule has 1 aromatic heterocycles. The standard InChI is InChI=1S/C17H21N3.ClH/c1-13-7-8-19-9-15(13)10-20-11-16(17(18)12-20)14-5-3-2-4-6-14;/h2-9,16-17H,10-12,18H2,1H3;1H/t16-,17+;/m0./s1. The zero-order valence-corrected chi connectivity index (χ0v) is 13.1. The normalized spacial score (nSPS) is 22.0. The molecule has 2 N–H and O–H groups in total. The van der Waals surface area contributed by atoms with Gasteiger partial charge in [-0.1, -0.05) is 30.3 Å². The first kappa shape index (κ1) is 16.0. The summed E-state index contributed by atoms with van der Waals surface area (Å²) in [7, 11) is 0. The van der Waals surface area contributed by atoms with Crippen LogP contribution in [0, 0.1) is 6.92 Å². The summed E-state index contributed by atoms with van der Waals surface area (Å²) in [5.41, 5.74) is 10.3. The first-order valence-electron chi connectivity index (χ1n) is 7.16. The van der Waals surface area contributed by atoms with E-state index in [1.54, 1.807) is 0 Å². The summed E-state index contributed by atoms with van der Waals surface area (Å²) in [6.07, 6.45) is 3.82. The van der Waals surface area contributed by atoms with Gasteiger partial charge in [0.15, 0.2) is 0 Å². The lowest BCUT2D eigenvalue weighted by molar-refractivity contribution is 0.322. The predicted molar refractivity (Wildman–Crippen MR) is 88.7 cm³/mol. The number of rotatable bonds is 3. The summed E-state index contributed by atoms with van der Waals surface area (Å²) >= 11 is 0. The van der Waals surface area contributed by atoms with Crippen LogP contribution >= 0.6 is 12.4 Å². The summed E-state index contributed by atoms with van der Waals surface area (Å²) in [6.45, 7) is 5.06. The van der Waals surface area contributed by atoms with Crippen molar-refractivity contribution in [1.82, 2.24) is 9.88 Å². The molecule has 3 rings (SSSR count). The van der Waals surface area contributed by atoms with Gasteiger partial charge in [0, 0.05) is 44.0 Å². The number of aryl methyl sites for hydroxylation is 1. The lowest BCUT2D eigenvalue weighted by atomic mass is 9.95. The van der Waals surface area contributed by atoms with Crippen molar-refractivity contribution in [1.29, 1.82) is 0 Å². The number of halogens is 1. The summed E-state index contributed by atoms with van der Waals surface area (Å²) < 4.78 is 0. The van der Waals surface area contributed by atoms with Crippen LogP contribution in [0.5, 0.6) is 0 Å². The largest absolute Gasteiger partial charge is 0.326 e. The number of nitrogens with two attached hydrogens (primary N) is 1. The topological polar surface area (TPSA) is 42.2 Å². The highest BCUT2D eigenvalue weighted by atomic mass is 35.5. The first-order valence-corrected chi connectivity index (χ1v) is 7.16. The molecular weight excluding hydrogens is 282 g/mol. The highest BCUT2D eigenvalue weighted by molar-refractivity contribution is 5.85. The zero-order chi connectivity index (χ0) is 13.9. The summed E-state index contributed by atoms with van der Waals surface area (Å²) in [5.74, 6) is 0.438. The molecule has 1 aromatic carbocycles. The van der Waals surface area contributed by atoms with E-state index in [0.717, 1.165) is 19.6 Å². The first-order chi connectivity index (χ1) is 9.74. The Morgan fingerprint density at radius 1 is 1.19 bits per heavy atom. The fraction of sp³-hybridized carbons (Fsp3) is 0.353. The molecule has 1 saturated heterocycles. The Labute approximate surface area is 132 Å². The molecule has 0 amide bonds. The fourth-order valence-electron chi connectivity index (χ4n) is 3.00. The average molecular weight is 304 g/mol. The van der Waals surface area contributed by atoms with Crippen molar-refractivity contribution in [3.63, 3.8) is 0 Å². The molecule has 2 atom stereocenters. The monoisotopic (exact) mass is 303 g/mol. The van der Waals surface area contributed by atoms with Gasteiger partial charge in [-0.25, -0.2) is 0 Å². The van der Waals surface area contributed by atoms with Gasteiger partial charge < -0.3 is 5.73 Å². The van der Waals surface area contributed by atoms with E-state index in [2.05, 4.69) is 53.2 Å². The van der Waals surface area contributed by atoms with Crippen molar-refractivity contribution in [3.05, 3.63) is 65.5 Å². The lowest BCUT2D eigenvalue weighted by Gasteiger charge is -2.17. The van der Waals surface area contributed by atoms with Gasteiger partial charge in [0.2, 0.25) is 0 Å². The van der Waals surface area contributed by atoms with Crippen LogP contribution < -0.4 is 5.73 Å². The average Bonchev–Trinajstić information content (AvgIpc) is 2.83. The number of hydrogen-bond acceptors (Lipinski definition) is 3. The molecule has 4 heteroatoms. The Morgan fingerprint density at radius 3 is 2.67 bits per heavy atom. The molecule has 1 aliphatic rings. The van der Waals surface area contributed by atoms with Gasteiger partial charge >= 0.3 is 0 Å². The van der Waals surface area contributed by atoms with Crippen molar-refractivity contribution in [2.75, 3.05) is 13.1 Å². The molecule has 112 valence electrons. The number of hydrogen-bond donors (Lipinski definition) is 1. The van der Waals surface area contributed by atoms with Crippen molar-refractivity contribution >= 4 is 12.4 Å². The van der Waals surface area contributed by atoms with Gasteiger partial charge in [-0.05, 0) is 29.7 Å². The summed E-state index contributed by atoms with van der Waals surface area (Å²) in [4.78, 5) is 6.66. The van der Waals surface area contributed by atoms with E-state index in [4.69, 9.17) is 5.73 Å². The minimum Gasteiger partial charge on any atom is -0.326 e. The minimum absolute atomic E-state index is 0. The Kier molecular flexibility index (Phi) is 5.34. The maximum absolute atomic E-state index is 6.34. The highest BCUT2D eigenvalue weighted by Crippen LogP contribution is 2.27. The molecule has 3 nitrogen and oxygen atoms in total. The predicted octanol–water partition coefficient (Wildman–Crippen LogP) is 2.74. The Balaban J connectivity index is 0.00000161. The van der Waals surface area contributed by atoms with Gasteiger partial charge in [0.05, 0.1) is 0 Å². The molecule has 2 heterocycles. The van der Waals surface area contributed by atoms with E-state index in [0.29, 0.717) is 5.92 Å². The molecule has 2 aromatic rings. The third-order valence-corrected chi connectivity index (χ3v) is 4.21. The lowest BCUT2D eigenvalue weighted by Crippen LogP contribution is -2.28. The molecule has 0 spiro atoms. The molecule has 0 unspecified atom stereocenters. The van der Waals surface area contributed by atoms with Gasteiger partial charge in [-0.2, -0.15) is 0 Å². The number of nitrogens with zero attached hydrogens (tertiary/aromatic N) is 2. The van der Waals surface area contributed by atoms with E-state index in [1.165, 1.54) is 16.7 Å². The Hall–Kier alpha value is -1.42. The second-order valence-corrected chi connectivity index (χ2v) is 5.68. The van der Waals surface area contributed by atoms with Crippen LogP contribution in [-0.4, -0.2) is 29.0 Å². The molecule has 0 radical (unpaired) electrons. The van der Waals surface area contributed by atoms with E-state index >= 15 is 0 Å². The van der Waals surface area contributed by atoms with Crippen LogP contribution in [0.25, 0.3) is 0 Å². The van der Waals surface area contributed by atoms with Crippen LogP contribution in [0.15, 0.2) is 48.8 Å². The van der Waals surface area contributed by atoms with Crippen molar-refractivity contribution in [2.24, 2.45) is 5.73 Å². The van der Waals surface area contributed by atoms with E-state index in [1.807, 2.05) is 12.4 Å². The van der Waals surface area contributed by atoms with E-state index in [-0.39, 0.29) is 18.4 Å². The SMILES string of the molecule is Cc1ccncc1CN1C[C@@H](N)[C@H](c2ccccc2)C1.Cl. The van der Waals surface area contributed by atoms with Crippen LogP contribution in [0.3, 0.4) is 0 Å². The quantitative estimate of drug-likeness (QED) is 0.948. The Bertz CT molecular complexity index is 573. The second kappa shape index (κ2) is 7.03. The van der Waals surface area contributed by atoms with Crippen LogP contribution in [0.2, 0.25) is 0 Å². The molecule has 1 fully saturated rings. The number of benzene rings is 1. The van der Waals surface area contributed by atoms with E-state index < -0.39 is 0 Å². The number of likely N-dealkylation sites (tertiary alicyclic amines) is 1. The van der Waals surface area contributed by atoms with Crippen molar-refractivity contribution < 1.29 is 0 Å². The highest BCUT2D eigenvalue weighted by Gasteiger charge is 2.31. The molecule has 21 heavy (non-hydrogen) atoms. The van der Waals surface area contributed by atoms with Gasteiger partial charge in [0.25, 0.3) is 0 Å². The Morgan fingerprint density at radius 2 is 1.95 bits per heavy atom. The van der Waals surface area contributed by atoms with Crippen LogP contribution in [-0.2, 0) is 6.54 Å². The third kappa shape index (κ3) is 3.62. The summed E-state index contributed by atoms with van der Waals surface area (Å²) in [6, 6.07) is 12.9. The molecule has 1 aliphatic heterocycles. The minimum atomic E-state index is 0. The summed E-state index contributed by atoms with van der Waals surface area (Å²) in [5, 5.41) is 0. The van der Waals surface area contributed by atoms with Crippen molar-refractivity contribution in [2.45, 2.75) is 25.4 Å². The molecule has 0 saturated carbocycles. The fourth-order valence-corrected chi connectivity index (χ4v) is 3.00. The zero-order valence-electron chi connectivity index (χ0n) is 12.3. The van der Waals surface area contributed by atoms with Crippen LogP contribution in [0.1, 0.15) is 22.6 Å². The van der Waals surface area contributed by atoms with Gasteiger partial charge in [0.1, 0.15) is 0 Å². The number of pyridine rings is 1. The van der Waals surface area contributed by atoms with Gasteiger partial charge in [-0.3, -0.25) is 9.88 Å². The maximum atomic E-state index is 6.34.